The minimum Gasteiger partial charge on any atom is -0.371 e. The number of anilines is 1. The summed E-state index contributed by atoms with van der Waals surface area (Å²) in [6.45, 7) is 5.12. The average molecular weight is 399 g/mol. The van der Waals surface area contributed by atoms with E-state index >= 15 is 0 Å². The van der Waals surface area contributed by atoms with Crippen LogP contribution < -0.4 is 10.6 Å². The Bertz CT molecular complexity index is 853. The first-order valence-electron chi connectivity index (χ1n) is 9.44. The number of carbonyl (C=O) groups excluding carboxylic acids is 2. The van der Waals surface area contributed by atoms with Crippen LogP contribution in [0.5, 0.6) is 0 Å². The molecule has 0 aliphatic carbocycles. The summed E-state index contributed by atoms with van der Waals surface area (Å²) in [6, 6.07) is 14.0. The normalized spacial score (nSPS) is 15.6. The van der Waals surface area contributed by atoms with Gasteiger partial charge in [-0.15, -0.1) is 11.8 Å². The van der Waals surface area contributed by atoms with Crippen molar-refractivity contribution in [3.63, 3.8) is 0 Å². The molecule has 0 spiro atoms. The number of thioether (sulfide) groups is 1. The lowest BCUT2D eigenvalue weighted by atomic mass is 9.97. The Morgan fingerprint density at radius 3 is 2.71 bits per heavy atom. The summed E-state index contributed by atoms with van der Waals surface area (Å²) in [6.07, 6.45) is 0.804. The third kappa shape index (κ3) is 5.36. The van der Waals surface area contributed by atoms with Gasteiger partial charge >= 0.3 is 0 Å². The largest absolute Gasteiger partial charge is 0.371 e. The Morgan fingerprint density at radius 1 is 1.07 bits per heavy atom. The predicted octanol–water partition coefficient (Wildman–Crippen LogP) is 3.41. The molecule has 2 aromatic rings. The Labute approximate surface area is 170 Å². The zero-order valence-corrected chi connectivity index (χ0v) is 17.1. The monoisotopic (exact) mass is 398 g/mol. The molecule has 0 saturated heterocycles. The summed E-state index contributed by atoms with van der Waals surface area (Å²) < 4.78 is 5.80. The van der Waals surface area contributed by atoms with Crippen LogP contribution in [0.2, 0.25) is 0 Å². The van der Waals surface area contributed by atoms with Crippen molar-refractivity contribution in [3.05, 3.63) is 64.7 Å². The van der Waals surface area contributed by atoms with E-state index in [1.807, 2.05) is 44.2 Å². The highest BCUT2D eigenvalue weighted by Crippen LogP contribution is 2.26. The number of benzene rings is 2. The van der Waals surface area contributed by atoms with Crippen LogP contribution in [0, 0.1) is 13.8 Å². The van der Waals surface area contributed by atoms with E-state index in [9.17, 15) is 9.59 Å². The smallest absolute Gasteiger partial charge is 0.234 e. The molecular formula is C22H26N2O3S. The number of ether oxygens (including phenoxy) is 1. The minimum absolute atomic E-state index is 0.0869. The third-order valence-corrected chi connectivity index (χ3v) is 5.85. The van der Waals surface area contributed by atoms with E-state index in [0.29, 0.717) is 13.2 Å². The van der Waals surface area contributed by atoms with Gasteiger partial charge in [-0.2, -0.15) is 0 Å². The number of fused-ring (bicyclic) bond motifs is 1. The Morgan fingerprint density at radius 2 is 1.86 bits per heavy atom. The van der Waals surface area contributed by atoms with Gasteiger partial charge in [-0.05, 0) is 48.6 Å². The zero-order chi connectivity index (χ0) is 19.9. The lowest BCUT2D eigenvalue weighted by Crippen LogP contribution is -2.33. The van der Waals surface area contributed by atoms with E-state index in [0.717, 1.165) is 28.8 Å². The molecule has 0 fully saturated rings. The van der Waals surface area contributed by atoms with E-state index in [2.05, 4.69) is 22.8 Å². The Kier molecular flexibility index (Phi) is 7.12. The van der Waals surface area contributed by atoms with Crippen molar-refractivity contribution < 1.29 is 14.3 Å². The summed E-state index contributed by atoms with van der Waals surface area (Å²) in [5, 5.41) is 5.82. The van der Waals surface area contributed by atoms with E-state index in [-0.39, 0.29) is 29.4 Å². The van der Waals surface area contributed by atoms with Gasteiger partial charge in [-0.1, -0.05) is 36.4 Å². The van der Waals surface area contributed by atoms with Gasteiger partial charge in [-0.3, -0.25) is 9.59 Å². The Balaban J connectivity index is 1.39. The van der Waals surface area contributed by atoms with Crippen LogP contribution in [0.3, 0.4) is 0 Å². The van der Waals surface area contributed by atoms with Crippen molar-refractivity contribution in [1.29, 1.82) is 0 Å². The number of hydrogen-bond donors (Lipinski definition) is 2. The van der Waals surface area contributed by atoms with Crippen LogP contribution in [0.15, 0.2) is 42.5 Å². The molecule has 1 unspecified atom stereocenters. The van der Waals surface area contributed by atoms with Crippen molar-refractivity contribution in [1.82, 2.24) is 5.32 Å². The van der Waals surface area contributed by atoms with Crippen LogP contribution >= 0.6 is 11.8 Å². The first-order valence-corrected chi connectivity index (χ1v) is 10.6. The lowest BCUT2D eigenvalue weighted by Gasteiger charge is -2.26. The Hall–Kier alpha value is -2.31. The second kappa shape index (κ2) is 9.75. The third-order valence-electron chi connectivity index (χ3n) is 4.92. The quantitative estimate of drug-likeness (QED) is 0.750. The molecule has 1 aliphatic rings. The molecular weight excluding hydrogens is 372 g/mol. The fraction of sp³-hybridized carbons (Fsp3) is 0.364. The maximum Gasteiger partial charge on any atom is 0.234 e. The van der Waals surface area contributed by atoms with Gasteiger partial charge in [0, 0.05) is 12.2 Å². The van der Waals surface area contributed by atoms with Gasteiger partial charge in [-0.25, -0.2) is 0 Å². The van der Waals surface area contributed by atoms with Crippen LogP contribution in [0.1, 0.15) is 28.4 Å². The maximum atomic E-state index is 12.1. The van der Waals surface area contributed by atoms with Gasteiger partial charge in [0.1, 0.15) is 6.10 Å². The SMILES string of the molecule is Cc1cccc(NC(=O)CSCC(=O)NCC2OCCc3ccccc32)c1C. The summed E-state index contributed by atoms with van der Waals surface area (Å²) >= 11 is 1.31. The highest BCUT2D eigenvalue weighted by atomic mass is 32.2. The fourth-order valence-electron chi connectivity index (χ4n) is 3.21. The number of amides is 2. The molecule has 2 aromatic carbocycles. The maximum absolute atomic E-state index is 12.1. The van der Waals surface area contributed by atoms with Crippen LogP contribution in [0.4, 0.5) is 5.69 Å². The van der Waals surface area contributed by atoms with E-state index < -0.39 is 0 Å². The molecule has 28 heavy (non-hydrogen) atoms. The van der Waals surface area contributed by atoms with E-state index in [1.165, 1.54) is 17.3 Å². The molecule has 1 atom stereocenters. The topological polar surface area (TPSA) is 67.4 Å². The molecule has 0 saturated carbocycles. The van der Waals surface area contributed by atoms with E-state index in [4.69, 9.17) is 4.74 Å². The highest BCUT2D eigenvalue weighted by molar-refractivity contribution is 8.00. The number of hydrogen-bond acceptors (Lipinski definition) is 4. The molecule has 3 rings (SSSR count). The first kappa shape index (κ1) is 20.4. The van der Waals surface area contributed by atoms with Crippen molar-refractivity contribution in [2.24, 2.45) is 0 Å². The van der Waals surface area contributed by atoms with Gasteiger partial charge in [0.25, 0.3) is 0 Å². The van der Waals surface area contributed by atoms with Gasteiger partial charge in [0.2, 0.25) is 11.8 Å². The molecule has 0 radical (unpaired) electrons. The number of aryl methyl sites for hydroxylation is 1. The fourth-order valence-corrected chi connectivity index (χ4v) is 3.86. The van der Waals surface area contributed by atoms with Gasteiger partial charge < -0.3 is 15.4 Å². The van der Waals surface area contributed by atoms with Crippen molar-refractivity contribution >= 4 is 29.3 Å². The molecule has 2 N–H and O–H groups in total. The molecule has 0 bridgehead atoms. The molecule has 1 aliphatic heterocycles. The molecule has 2 amide bonds. The first-order chi connectivity index (χ1) is 13.5. The lowest BCUT2D eigenvalue weighted by molar-refractivity contribution is -0.119. The second-order valence-corrected chi connectivity index (χ2v) is 7.89. The van der Waals surface area contributed by atoms with Gasteiger partial charge in [0.15, 0.2) is 0 Å². The predicted molar refractivity (Wildman–Crippen MR) is 114 cm³/mol. The molecule has 1 heterocycles. The van der Waals surface area contributed by atoms with Crippen molar-refractivity contribution in [2.75, 3.05) is 30.0 Å². The van der Waals surface area contributed by atoms with Crippen molar-refractivity contribution in [3.8, 4) is 0 Å². The van der Waals surface area contributed by atoms with Crippen molar-refractivity contribution in [2.45, 2.75) is 26.4 Å². The zero-order valence-electron chi connectivity index (χ0n) is 16.3. The summed E-state index contributed by atoms with van der Waals surface area (Å²) in [4.78, 5) is 24.2. The van der Waals surface area contributed by atoms with E-state index in [1.54, 1.807) is 0 Å². The number of rotatable bonds is 7. The minimum atomic E-state index is -0.105. The highest BCUT2D eigenvalue weighted by Gasteiger charge is 2.20. The summed E-state index contributed by atoms with van der Waals surface area (Å²) in [7, 11) is 0. The molecule has 0 aromatic heterocycles. The van der Waals surface area contributed by atoms with Gasteiger partial charge in [0.05, 0.1) is 18.1 Å². The summed E-state index contributed by atoms with van der Waals surface area (Å²) in [5.74, 6) is 0.297. The molecule has 5 nitrogen and oxygen atoms in total. The average Bonchev–Trinajstić information content (AvgIpc) is 2.70. The van der Waals surface area contributed by atoms with Crippen LogP contribution in [-0.4, -0.2) is 36.5 Å². The number of carbonyl (C=O) groups is 2. The molecule has 6 heteroatoms. The number of nitrogens with one attached hydrogen (secondary N) is 2. The van der Waals surface area contributed by atoms with Crippen LogP contribution in [0.25, 0.3) is 0 Å². The summed E-state index contributed by atoms with van der Waals surface area (Å²) in [5.41, 5.74) is 5.45. The standard InChI is InChI=1S/C22H26N2O3S/c1-15-6-5-9-19(16(15)2)24-22(26)14-28-13-21(25)23-12-20-18-8-4-3-7-17(18)10-11-27-20/h3-9,20H,10-14H2,1-2H3,(H,23,25)(H,24,26). The second-order valence-electron chi connectivity index (χ2n) is 6.90. The van der Waals surface area contributed by atoms with Crippen LogP contribution in [-0.2, 0) is 20.7 Å². The molecule has 148 valence electrons.